The van der Waals surface area contributed by atoms with Gasteiger partial charge in [-0.15, -0.1) is 0 Å². The molecule has 4 nitrogen and oxygen atoms in total. The minimum Gasteiger partial charge on any atom is -0.306 e. The molecule has 0 fully saturated rings. The number of benzene rings is 2. The van der Waals surface area contributed by atoms with Crippen molar-refractivity contribution in [3.8, 4) is 0 Å². The van der Waals surface area contributed by atoms with Crippen molar-refractivity contribution in [3.05, 3.63) is 75.3 Å². The summed E-state index contributed by atoms with van der Waals surface area (Å²) in [7, 11) is 0. The number of nitrogens with one attached hydrogen (secondary N) is 1. The van der Waals surface area contributed by atoms with Crippen LogP contribution >= 0.6 is 0 Å². The predicted octanol–water partition coefficient (Wildman–Crippen LogP) is 3.72. The van der Waals surface area contributed by atoms with E-state index in [4.69, 9.17) is 0 Å². The second-order valence-electron chi connectivity index (χ2n) is 4.66. The summed E-state index contributed by atoms with van der Waals surface area (Å²) in [5.41, 5.74) is 0.532. The van der Waals surface area contributed by atoms with Crippen molar-refractivity contribution in [2.75, 3.05) is 0 Å². The Balaban J connectivity index is 2.08. The van der Waals surface area contributed by atoms with Crippen LogP contribution in [0.15, 0.2) is 42.5 Å². The van der Waals surface area contributed by atoms with Gasteiger partial charge >= 0.3 is 5.69 Å². The van der Waals surface area contributed by atoms with Gasteiger partial charge in [-0.25, -0.2) is 4.39 Å². The third-order valence-electron chi connectivity index (χ3n) is 3.22. The van der Waals surface area contributed by atoms with Gasteiger partial charge in [-0.2, -0.15) is 4.39 Å². The molecule has 0 radical (unpaired) electrons. The molecule has 0 spiro atoms. The minimum absolute atomic E-state index is 0.135. The third kappa shape index (κ3) is 3.61. The van der Waals surface area contributed by atoms with E-state index in [-0.39, 0.29) is 24.0 Å². The molecule has 0 aliphatic rings. The van der Waals surface area contributed by atoms with Gasteiger partial charge in [0, 0.05) is 24.2 Å². The lowest BCUT2D eigenvalue weighted by atomic mass is 10.1. The summed E-state index contributed by atoms with van der Waals surface area (Å²) in [4.78, 5) is 9.93. The van der Waals surface area contributed by atoms with Crippen LogP contribution < -0.4 is 5.32 Å². The lowest BCUT2D eigenvalue weighted by Crippen LogP contribution is -2.19. The molecule has 0 aliphatic heterocycles. The summed E-state index contributed by atoms with van der Waals surface area (Å²) >= 11 is 0. The molecule has 1 unspecified atom stereocenters. The number of nitrogens with zero attached hydrogens (tertiary/aromatic N) is 1. The Morgan fingerprint density at radius 2 is 1.86 bits per heavy atom. The highest BCUT2D eigenvalue weighted by molar-refractivity contribution is 5.36. The molecule has 0 saturated heterocycles. The van der Waals surface area contributed by atoms with Gasteiger partial charge in [0.2, 0.25) is 5.82 Å². The molecule has 0 amide bonds. The van der Waals surface area contributed by atoms with Crippen molar-refractivity contribution < 1.29 is 13.7 Å². The molecular weight excluding hydrogens is 278 g/mol. The largest absolute Gasteiger partial charge is 0.306 e. The maximum atomic E-state index is 13.9. The van der Waals surface area contributed by atoms with Crippen LogP contribution in [0.1, 0.15) is 24.1 Å². The van der Waals surface area contributed by atoms with Crippen molar-refractivity contribution in [2.45, 2.75) is 19.5 Å². The van der Waals surface area contributed by atoms with Crippen LogP contribution in [-0.4, -0.2) is 4.92 Å². The fourth-order valence-electron chi connectivity index (χ4n) is 1.98. The first-order chi connectivity index (χ1) is 9.99. The van der Waals surface area contributed by atoms with E-state index in [0.717, 1.165) is 11.6 Å². The average molecular weight is 292 g/mol. The molecule has 0 bridgehead atoms. The van der Waals surface area contributed by atoms with Gasteiger partial charge in [-0.05, 0) is 24.6 Å². The zero-order valence-electron chi connectivity index (χ0n) is 11.3. The van der Waals surface area contributed by atoms with Gasteiger partial charge < -0.3 is 5.32 Å². The maximum Gasteiger partial charge on any atom is 0.305 e. The minimum atomic E-state index is -0.832. The molecule has 2 aromatic rings. The Kier molecular flexibility index (Phi) is 4.59. The monoisotopic (exact) mass is 292 g/mol. The molecule has 0 aromatic heterocycles. The van der Waals surface area contributed by atoms with Gasteiger partial charge in [0.25, 0.3) is 0 Å². The van der Waals surface area contributed by atoms with E-state index in [1.54, 1.807) is 12.1 Å². The summed E-state index contributed by atoms with van der Waals surface area (Å²) in [6.07, 6.45) is 0. The summed E-state index contributed by atoms with van der Waals surface area (Å²) in [5.74, 6) is -1.16. The SMILES string of the molecule is CC(NCc1cccc([N+](=O)[O-])c1F)c1ccc(F)cc1. The topological polar surface area (TPSA) is 55.2 Å². The van der Waals surface area contributed by atoms with Crippen molar-refractivity contribution in [1.29, 1.82) is 0 Å². The van der Waals surface area contributed by atoms with Gasteiger partial charge in [0.05, 0.1) is 4.92 Å². The normalized spacial score (nSPS) is 12.1. The molecule has 1 atom stereocenters. The lowest BCUT2D eigenvalue weighted by Gasteiger charge is -2.14. The second-order valence-corrected chi connectivity index (χ2v) is 4.66. The Bertz CT molecular complexity index is 645. The second kappa shape index (κ2) is 6.41. The summed E-state index contributed by atoms with van der Waals surface area (Å²) < 4.78 is 26.7. The van der Waals surface area contributed by atoms with Crippen LogP contribution in [0.25, 0.3) is 0 Å². The molecular formula is C15H14F2N2O2. The predicted molar refractivity (Wildman–Crippen MR) is 74.7 cm³/mol. The molecule has 6 heteroatoms. The van der Waals surface area contributed by atoms with Crippen LogP contribution in [0.4, 0.5) is 14.5 Å². The highest BCUT2D eigenvalue weighted by Crippen LogP contribution is 2.21. The first kappa shape index (κ1) is 15.1. The molecule has 2 aromatic carbocycles. The molecule has 0 saturated carbocycles. The van der Waals surface area contributed by atoms with E-state index >= 15 is 0 Å². The van der Waals surface area contributed by atoms with E-state index in [1.165, 1.54) is 24.3 Å². The number of hydrogen-bond acceptors (Lipinski definition) is 3. The fourth-order valence-corrected chi connectivity index (χ4v) is 1.98. The Hall–Kier alpha value is -2.34. The third-order valence-corrected chi connectivity index (χ3v) is 3.22. The van der Waals surface area contributed by atoms with E-state index in [9.17, 15) is 18.9 Å². The number of hydrogen-bond donors (Lipinski definition) is 1. The first-order valence-electron chi connectivity index (χ1n) is 6.39. The average Bonchev–Trinajstić information content (AvgIpc) is 2.46. The van der Waals surface area contributed by atoms with Crippen molar-refractivity contribution in [1.82, 2.24) is 5.32 Å². The Morgan fingerprint density at radius 3 is 2.48 bits per heavy atom. The standard InChI is InChI=1S/C15H14F2N2O2/c1-10(11-5-7-13(16)8-6-11)18-9-12-3-2-4-14(15(12)17)19(20)21/h2-8,10,18H,9H2,1H3. The van der Waals surface area contributed by atoms with Gasteiger partial charge in [0.1, 0.15) is 5.82 Å². The summed E-state index contributed by atoms with van der Waals surface area (Å²) in [6.45, 7) is 1.99. The van der Waals surface area contributed by atoms with E-state index in [2.05, 4.69) is 5.32 Å². The van der Waals surface area contributed by atoms with Gasteiger partial charge in [-0.3, -0.25) is 10.1 Å². The molecule has 2 rings (SSSR count). The molecule has 1 N–H and O–H groups in total. The van der Waals surface area contributed by atoms with E-state index in [0.29, 0.717) is 0 Å². The molecule has 21 heavy (non-hydrogen) atoms. The highest BCUT2D eigenvalue weighted by Gasteiger charge is 2.17. The Labute approximate surface area is 120 Å². The van der Waals surface area contributed by atoms with Crippen molar-refractivity contribution >= 4 is 5.69 Å². The summed E-state index contributed by atoms with van der Waals surface area (Å²) in [5, 5.41) is 13.7. The number of nitro benzene ring substituents is 1. The number of rotatable bonds is 5. The molecule has 110 valence electrons. The summed E-state index contributed by atoms with van der Waals surface area (Å²) in [6, 6.07) is 9.90. The van der Waals surface area contributed by atoms with Crippen molar-refractivity contribution in [3.63, 3.8) is 0 Å². The molecule has 0 heterocycles. The van der Waals surface area contributed by atoms with E-state index < -0.39 is 16.4 Å². The van der Waals surface area contributed by atoms with Crippen LogP contribution in [0, 0.1) is 21.7 Å². The highest BCUT2D eigenvalue weighted by atomic mass is 19.1. The number of halogens is 2. The van der Waals surface area contributed by atoms with E-state index in [1.807, 2.05) is 6.92 Å². The number of nitro groups is 1. The van der Waals surface area contributed by atoms with Crippen LogP contribution in [-0.2, 0) is 6.54 Å². The zero-order valence-corrected chi connectivity index (χ0v) is 11.3. The van der Waals surface area contributed by atoms with Crippen LogP contribution in [0.5, 0.6) is 0 Å². The Morgan fingerprint density at radius 1 is 1.19 bits per heavy atom. The quantitative estimate of drug-likeness (QED) is 0.675. The first-order valence-corrected chi connectivity index (χ1v) is 6.39. The fraction of sp³-hybridized carbons (Fsp3) is 0.200. The van der Waals surface area contributed by atoms with Gasteiger partial charge in [-0.1, -0.05) is 24.3 Å². The van der Waals surface area contributed by atoms with Crippen molar-refractivity contribution in [2.24, 2.45) is 0 Å². The van der Waals surface area contributed by atoms with Crippen LogP contribution in [0.3, 0.4) is 0 Å². The smallest absolute Gasteiger partial charge is 0.305 e. The van der Waals surface area contributed by atoms with Crippen LogP contribution in [0.2, 0.25) is 0 Å². The zero-order chi connectivity index (χ0) is 15.4. The lowest BCUT2D eigenvalue weighted by molar-refractivity contribution is -0.387. The maximum absolute atomic E-state index is 13.9. The van der Waals surface area contributed by atoms with Gasteiger partial charge in [0.15, 0.2) is 0 Å². The molecule has 0 aliphatic carbocycles.